The van der Waals surface area contributed by atoms with Gasteiger partial charge in [-0.1, -0.05) is 11.8 Å². The fraction of sp³-hybridized carbons (Fsp3) is 0.200. The van der Waals surface area contributed by atoms with Gasteiger partial charge in [-0.15, -0.1) is 0 Å². The molecular weight excluding hydrogens is 542 g/mol. The molecule has 10 nitrogen and oxygen atoms in total. The first-order valence-corrected chi connectivity index (χ1v) is 13.8. The maximum Gasteiger partial charge on any atom is 0.254 e. The van der Waals surface area contributed by atoms with E-state index in [1.807, 2.05) is 6.92 Å². The standard InChI is InChI=1S/C30H29N5O5S/c1-4-39-23-13-11-22(12-14-23)35-29(38)27-18(2)32-30(24(16-31)28(27)25-6-5-15-40-25)41-17-26(37)34-21-9-7-20(8-10-21)33-19(3)36/h5-15,28,32H,4,17H2,1-3H3,(H,33,36)(H,34,37)(H,35,38)/t28-/m0/s1. The van der Waals surface area contributed by atoms with E-state index in [2.05, 4.69) is 27.3 Å². The van der Waals surface area contributed by atoms with E-state index in [4.69, 9.17) is 9.15 Å². The summed E-state index contributed by atoms with van der Waals surface area (Å²) in [6.07, 6.45) is 1.49. The minimum Gasteiger partial charge on any atom is -0.494 e. The molecular formula is C30H29N5O5S. The maximum absolute atomic E-state index is 13.5. The summed E-state index contributed by atoms with van der Waals surface area (Å²) in [6, 6.07) is 19.4. The highest BCUT2D eigenvalue weighted by molar-refractivity contribution is 8.03. The number of amides is 3. The fourth-order valence-corrected chi connectivity index (χ4v) is 5.13. The third-order valence-electron chi connectivity index (χ3n) is 5.98. The number of nitrogens with one attached hydrogen (secondary N) is 4. The predicted octanol–water partition coefficient (Wildman–Crippen LogP) is 5.34. The largest absolute Gasteiger partial charge is 0.494 e. The lowest BCUT2D eigenvalue weighted by molar-refractivity contribution is -0.114. The highest BCUT2D eigenvalue weighted by Crippen LogP contribution is 2.41. The smallest absolute Gasteiger partial charge is 0.254 e. The van der Waals surface area contributed by atoms with Gasteiger partial charge in [0, 0.05) is 29.7 Å². The summed E-state index contributed by atoms with van der Waals surface area (Å²) in [5.74, 6) is -0.508. The Labute approximate surface area is 241 Å². The van der Waals surface area contributed by atoms with Gasteiger partial charge in [-0.3, -0.25) is 14.4 Å². The van der Waals surface area contributed by atoms with E-state index >= 15 is 0 Å². The molecule has 0 fully saturated rings. The lowest BCUT2D eigenvalue weighted by Gasteiger charge is -2.28. The number of ether oxygens (including phenoxy) is 1. The second kappa shape index (κ2) is 13.4. The summed E-state index contributed by atoms with van der Waals surface area (Å²) in [4.78, 5) is 37.4. The van der Waals surface area contributed by atoms with Crippen molar-refractivity contribution in [2.24, 2.45) is 0 Å². The molecule has 0 spiro atoms. The van der Waals surface area contributed by atoms with Gasteiger partial charge in [-0.05, 0) is 74.5 Å². The number of rotatable bonds is 10. The van der Waals surface area contributed by atoms with E-state index in [0.29, 0.717) is 51.5 Å². The van der Waals surface area contributed by atoms with Gasteiger partial charge < -0.3 is 30.4 Å². The van der Waals surface area contributed by atoms with Crippen LogP contribution in [0.15, 0.2) is 93.2 Å². The molecule has 1 aliphatic rings. The molecule has 0 saturated heterocycles. The van der Waals surface area contributed by atoms with Gasteiger partial charge in [0.25, 0.3) is 5.91 Å². The molecule has 2 heterocycles. The Morgan fingerprint density at radius 3 is 2.22 bits per heavy atom. The number of hydrogen-bond donors (Lipinski definition) is 4. The third kappa shape index (κ3) is 7.38. The van der Waals surface area contributed by atoms with Crippen LogP contribution in [0.1, 0.15) is 32.4 Å². The topological polar surface area (TPSA) is 145 Å². The zero-order chi connectivity index (χ0) is 29.4. The highest BCUT2D eigenvalue weighted by Gasteiger charge is 2.36. The zero-order valence-electron chi connectivity index (χ0n) is 22.7. The number of nitrogens with zero attached hydrogens (tertiary/aromatic N) is 1. The average Bonchev–Trinajstić information content (AvgIpc) is 3.48. The first-order chi connectivity index (χ1) is 19.8. The van der Waals surface area contributed by atoms with Crippen molar-refractivity contribution in [3.63, 3.8) is 0 Å². The number of thioether (sulfide) groups is 1. The Morgan fingerprint density at radius 1 is 1.00 bits per heavy atom. The number of furan rings is 1. The molecule has 0 bridgehead atoms. The van der Waals surface area contributed by atoms with E-state index in [0.717, 1.165) is 11.8 Å². The Morgan fingerprint density at radius 2 is 1.63 bits per heavy atom. The summed E-state index contributed by atoms with van der Waals surface area (Å²) in [5, 5.41) is 22.2. The molecule has 3 aromatic rings. The number of benzene rings is 2. The van der Waals surface area contributed by atoms with E-state index in [-0.39, 0.29) is 23.1 Å². The minimum atomic E-state index is -0.772. The van der Waals surface area contributed by atoms with Crippen LogP contribution in [0.5, 0.6) is 5.75 Å². The third-order valence-corrected chi connectivity index (χ3v) is 7.00. The normalized spacial score (nSPS) is 14.5. The molecule has 0 radical (unpaired) electrons. The van der Waals surface area contributed by atoms with Crippen molar-refractivity contribution in [2.45, 2.75) is 26.7 Å². The van der Waals surface area contributed by atoms with Gasteiger partial charge in [-0.2, -0.15) is 5.26 Å². The van der Waals surface area contributed by atoms with Crippen LogP contribution in [0.25, 0.3) is 0 Å². The zero-order valence-corrected chi connectivity index (χ0v) is 23.6. The number of dihydropyridines is 1. The van der Waals surface area contributed by atoms with Gasteiger partial charge in [0.15, 0.2) is 0 Å². The van der Waals surface area contributed by atoms with Gasteiger partial charge in [-0.25, -0.2) is 0 Å². The van der Waals surface area contributed by atoms with Crippen molar-refractivity contribution in [1.82, 2.24) is 5.32 Å². The SMILES string of the molecule is CCOc1ccc(NC(=O)C2=C(C)NC(SCC(=O)Nc3ccc(NC(C)=O)cc3)=C(C#N)[C@H]2c2ccco2)cc1. The van der Waals surface area contributed by atoms with Gasteiger partial charge >= 0.3 is 0 Å². The molecule has 0 aliphatic carbocycles. The molecule has 4 rings (SSSR count). The number of hydrogen-bond acceptors (Lipinski definition) is 8. The number of nitriles is 1. The molecule has 41 heavy (non-hydrogen) atoms. The van der Waals surface area contributed by atoms with Gasteiger partial charge in [0.05, 0.1) is 46.8 Å². The Bertz CT molecular complexity index is 1520. The first-order valence-electron chi connectivity index (χ1n) is 12.8. The molecule has 1 aliphatic heterocycles. The van der Waals surface area contributed by atoms with Crippen LogP contribution in [0.3, 0.4) is 0 Å². The Kier molecular flexibility index (Phi) is 9.50. The fourth-order valence-electron chi connectivity index (χ4n) is 4.24. The molecule has 1 atom stereocenters. The summed E-state index contributed by atoms with van der Waals surface area (Å²) in [7, 11) is 0. The number of anilines is 3. The van der Waals surface area contributed by atoms with E-state index in [9.17, 15) is 19.6 Å². The first kappa shape index (κ1) is 29.0. The maximum atomic E-state index is 13.5. The van der Waals surface area contributed by atoms with Crippen LogP contribution in [0.2, 0.25) is 0 Å². The molecule has 1 aromatic heterocycles. The predicted molar refractivity (Wildman–Crippen MR) is 158 cm³/mol. The second-order valence-electron chi connectivity index (χ2n) is 8.97. The minimum absolute atomic E-state index is 0.00677. The molecule has 0 unspecified atom stereocenters. The average molecular weight is 572 g/mol. The van der Waals surface area contributed by atoms with Crippen LogP contribution in [-0.4, -0.2) is 30.1 Å². The molecule has 3 amide bonds. The molecule has 4 N–H and O–H groups in total. The molecule has 0 saturated carbocycles. The Hall–Kier alpha value is -4.95. The van der Waals surface area contributed by atoms with Crippen molar-refractivity contribution in [3.05, 3.63) is 94.6 Å². The van der Waals surface area contributed by atoms with Crippen LogP contribution >= 0.6 is 11.8 Å². The summed E-state index contributed by atoms with van der Waals surface area (Å²) >= 11 is 1.15. The lowest BCUT2D eigenvalue weighted by Crippen LogP contribution is -2.31. The number of allylic oxidation sites excluding steroid dienone is 2. The van der Waals surface area contributed by atoms with Gasteiger partial charge in [0.1, 0.15) is 11.5 Å². The molecule has 11 heteroatoms. The van der Waals surface area contributed by atoms with Crippen LogP contribution in [0, 0.1) is 11.3 Å². The molecule has 210 valence electrons. The lowest BCUT2D eigenvalue weighted by atomic mass is 9.85. The number of carbonyl (C=O) groups is 3. The Balaban J connectivity index is 1.50. The van der Waals surface area contributed by atoms with Crippen molar-refractivity contribution >= 4 is 46.5 Å². The van der Waals surface area contributed by atoms with E-state index in [1.54, 1.807) is 67.6 Å². The summed E-state index contributed by atoms with van der Waals surface area (Å²) in [5.41, 5.74) is 2.88. The quantitative estimate of drug-likeness (QED) is 0.255. The monoisotopic (exact) mass is 571 g/mol. The van der Waals surface area contributed by atoms with Crippen molar-refractivity contribution in [1.29, 1.82) is 5.26 Å². The van der Waals surface area contributed by atoms with Crippen LogP contribution < -0.4 is 26.0 Å². The van der Waals surface area contributed by atoms with Crippen molar-refractivity contribution in [3.8, 4) is 11.8 Å². The van der Waals surface area contributed by atoms with Crippen molar-refractivity contribution < 1.29 is 23.5 Å². The molecule has 2 aromatic carbocycles. The number of carbonyl (C=O) groups excluding carboxylic acids is 3. The summed E-state index contributed by atoms with van der Waals surface area (Å²) < 4.78 is 11.1. The highest BCUT2D eigenvalue weighted by atomic mass is 32.2. The van der Waals surface area contributed by atoms with Gasteiger partial charge in [0.2, 0.25) is 11.8 Å². The van der Waals surface area contributed by atoms with E-state index < -0.39 is 11.8 Å². The van der Waals surface area contributed by atoms with Crippen molar-refractivity contribution in [2.75, 3.05) is 28.3 Å². The van der Waals surface area contributed by atoms with E-state index in [1.165, 1.54) is 13.2 Å². The van der Waals surface area contributed by atoms with Crippen LogP contribution in [0.4, 0.5) is 17.1 Å². The second-order valence-corrected chi connectivity index (χ2v) is 9.96. The summed E-state index contributed by atoms with van der Waals surface area (Å²) in [6.45, 7) is 5.59. The van der Waals surface area contributed by atoms with Crippen LogP contribution in [-0.2, 0) is 14.4 Å².